The van der Waals surface area contributed by atoms with Crippen molar-refractivity contribution in [3.05, 3.63) is 23.7 Å². The second-order valence-electron chi connectivity index (χ2n) is 4.31. The lowest BCUT2D eigenvalue weighted by Crippen LogP contribution is -2.29. The Hall–Kier alpha value is -1.73. The van der Waals surface area contributed by atoms with Crippen molar-refractivity contribution in [3.63, 3.8) is 0 Å². The first-order valence-corrected chi connectivity index (χ1v) is 5.68. The zero-order valence-electron chi connectivity index (χ0n) is 9.40. The first kappa shape index (κ1) is 11.7. The van der Waals surface area contributed by atoms with Gasteiger partial charge in [0.2, 0.25) is 5.76 Å². The Balaban J connectivity index is 2.11. The zero-order valence-corrected chi connectivity index (χ0v) is 9.40. The summed E-state index contributed by atoms with van der Waals surface area (Å²) in [5.41, 5.74) is -0.936. The summed E-state index contributed by atoms with van der Waals surface area (Å²) in [6.07, 6.45) is 4.43. The van der Waals surface area contributed by atoms with Crippen molar-refractivity contribution in [2.45, 2.75) is 37.7 Å². The van der Waals surface area contributed by atoms with Gasteiger partial charge in [-0.2, -0.15) is 0 Å². The Labute approximate surface area is 99.3 Å². The Bertz CT molecular complexity index is 469. The summed E-state index contributed by atoms with van der Waals surface area (Å²) >= 11 is 0. The van der Waals surface area contributed by atoms with Gasteiger partial charge >= 0.3 is 5.97 Å². The van der Waals surface area contributed by atoms with Crippen molar-refractivity contribution in [1.82, 2.24) is 0 Å². The third-order valence-corrected chi connectivity index (χ3v) is 2.92. The van der Waals surface area contributed by atoms with E-state index in [0.717, 1.165) is 19.3 Å². The van der Waals surface area contributed by atoms with Gasteiger partial charge in [0.1, 0.15) is 5.60 Å². The molecule has 0 unspecified atom stereocenters. The topological polar surface area (TPSA) is 70.7 Å². The van der Waals surface area contributed by atoms with Crippen LogP contribution in [0.2, 0.25) is 0 Å². The van der Waals surface area contributed by atoms with E-state index in [1.54, 1.807) is 0 Å². The molecule has 4 nitrogen and oxygen atoms in total. The second kappa shape index (κ2) is 4.64. The highest BCUT2D eigenvalue weighted by Gasteiger charge is 2.26. The maximum atomic E-state index is 10.6. The number of aromatic carboxylic acids is 1. The van der Waals surface area contributed by atoms with Gasteiger partial charge in [0.15, 0.2) is 5.76 Å². The molecule has 17 heavy (non-hydrogen) atoms. The number of carbonyl (C=O) groups is 1. The van der Waals surface area contributed by atoms with E-state index >= 15 is 0 Å². The fourth-order valence-electron chi connectivity index (χ4n) is 1.96. The van der Waals surface area contributed by atoms with Crippen LogP contribution >= 0.6 is 0 Å². The number of hydrogen-bond acceptors (Lipinski definition) is 3. The van der Waals surface area contributed by atoms with Gasteiger partial charge in [-0.1, -0.05) is 12.3 Å². The Morgan fingerprint density at radius 2 is 2.00 bits per heavy atom. The lowest BCUT2D eigenvalue weighted by Gasteiger charge is -2.26. The number of aliphatic hydroxyl groups is 1. The van der Waals surface area contributed by atoms with Crippen molar-refractivity contribution in [2.24, 2.45) is 0 Å². The summed E-state index contributed by atoms with van der Waals surface area (Å²) in [6, 6.07) is 2.86. The molecule has 0 saturated heterocycles. The Morgan fingerprint density at radius 3 is 2.59 bits per heavy atom. The number of furan rings is 1. The molecule has 1 aliphatic rings. The SMILES string of the molecule is O=C(O)c1ccc(C#CC2(O)CCCCC2)o1. The Morgan fingerprint density at radius 1 is 1.29 bits per heavy atom. The van der Waals surface area contributed by atoms with E-state index in [0.29, 0.717) is 12.8 Å². The van der Waals surface area contributed by atoms with Crippen LogP contribution in [0.5, 0.6) is 0 Å². The molecule has 1 aromatic rings. The molecule has 1 fully saturated rings. The van der Waals surface area contributed by atoms with Gasteiger partial charge in [0.25, 0.3) is 0 Å². The van der Waals surface area contributed by atoms with Crippen LogP contribution in [0.3, 0.4) is 0 Å². The molecule has 0 bridgehead atoms. The molecule has 0 radical (unpaired) electrons. The standard InChI is InChI=1S/C13H14O4/c14-12(15)11-5-4-10(17-11)6-9-13(16)7-2-1-3-8-13/h4-5,16H,1-3,7-8H2,(H,14,15). The average Bonchev–Trinajstić information content (AvgIpc) is 2.76. The zero-order chi connectivity index (χ0) is 12.3. The van der Waals surface area contributed by atoms with Crippen LogP contribution < -0.4 is 0 Å². The minimum absolute atomic E-state index is 0.134. The minimum atomic E-state index is -1.12. The lowest BCUT2D eigenvalue weighted by molar-refractivity contribution is 0.0609. The van der Waals surface area contributed by atoms with Crippen molar-refractivity contribution < 1.29 is 19.4 Å². The molecule has 0 aliphatic heterocycles. The predicted octanol–water partition coefficient (Wildman–Crippen LogP) is 2.02. The molecule has 90 valence electrons. The Kier molecular flexibility index (Phi) is 3.21. The van der Waals surface area contributed by atoms with E-state index in [1.165, 1.54) is 12.1 Å². The van der Waals surface area contributed by atoms with Crippen LogP contribution in [0.1, 0.15) is 48.4 Å². The average molecular weight is 234 g/mol. The third-order valence-electron chi connectivity index (χ3n) is 2.92. The number of rotatable bonds is 1. The normalized spacial score (nSPS) is 18.2. The largest absolute Gasteiger partial charge is 0.475 e. The quantitative estimate of drug-likeness (QED) is 0.729. The third kappa shape index (κ3) is 2.89. The molecular formula is C13H14O4. The van der Waals surface area contributed by atoms with Crippen molar-refractivity contribution >= 4 is 5.97 Å². The van der Waals surface area contributed by atoms with Crippen LogP contribution in [-0.2, 0) is 0 Å². The van der Waals surface area contributed by atoms with E-state index in [-0.39, 0.29) is 11.5 Å². The molecule has 1 aromatic heterocycles. The molecule has 2 N–H and O–H groups in total. The van der Waals surface area contributed by atoms with E-state index in [9.17, 15) is 9.90 Å². The van der Waals surface area contributed by atoms with E-state index < -0.39 is 11.6 Å². The summed E-state index contributed by atoms with van der Waals surface area (Å²) in [4.78, 5) is 10.6. The van der Waals surface area contributed by atoms with Crippen molar-refractivity contribution in [2.75, 3.05) is 0 Å². The van der Waals surface area contributed by atoms with E-state index in [2.05, 4.69) is 11.8 Å². The molecule has 0 amide bonds. The summed E-state index contributed by atoms with van der Waals surface area (Å²) in [5.74, 6) is 4.51. The van der Waals surface area contributed by atoms with Gasteiger partial charge in [-0.3, -0.25) is 0 Å². The highest BCUT2D eigenvalue weighted by atomic mass is 16.4. The molecule has 0 aromatic carbocycles. The molecule has 0 atom stereocenters. The number of carboxylic acids is 1. The monoisotopic (exact) mass is 234 g/mol. The van der Waals surface area contributed by atoms with Crippen molar-refractivity contribution in [1.29, 1.82) is 0 Å². The van der Waals surface area contributed by atoms with Gasteiger partial charge < -0.3 is 14.6 Å². The molecule has 0 spiro atoms. The van der Waals surface area contributed by atoms with Crippen LogP contribution in [-0.4, -0.2) is 21.8 Å². The molecule has 1 aliphatic carbocycles. The predicted molar refractivity (Wildman–Crippen MR) is 60.6 cm³/mol. The molecule has 2 rings (SSSR count). The summed E-state index contributed by atoms with van der Waals surface area (Å²) in [6.45, 7) is 0. The van der Waals surface area contributed by atoms with Gasteiger partial charge in [0.05, 0.1) is 0 Å². The molecule has 1 saturated carbocycles. The van der Waals surface area contributed by atoms with E-state index in [4.69, 9.17) is 9.52 Å². The lowest BCUT2D eigenvalue weighted by atomic mass is 9.85. The van der Waals surface area contributed by atoms with Crippen LogP contribution in [0.4, 0.5) is 0 Å². The summed E-state index contributed by atoms with van der Waals surface area (Å²) < 4.78 is 5.00. The van der Waals surface area contributed by atoms with E-state index in [1.807, 2.05) is 0 Å². The van der Waals surface area contributed by atoms with Gasteiger partial charge in [-0.05, 0) is 43.7 Å². The number of hydrogen-bond donors (Lipinski definition) is 2. The van der Waals surface area contributed by atoms with Gasteiger partial charge in [0, 0.05) is 0 Å². The fraction of sp³-hybridized carbons (Fsp3) is 0.462. The number of carboxylic acid groups (broad SMARTS) is 1. The highest BCUT2D eigenvalue weighted by Crippen LogP contribution is 2.27. The second-order valence-corrected chi connectivity index (χ2v) is 4.31. The van der Waals surface area contributed by atoms with Crippen LogP contribution in [0.25, 0.3) is 0 Å². The minimum Gasteiger partial charge on any atom is -0.475 e. The fourth-order valence-corrected chi connectivity index (χ4v) is 1.96. The maximum Gasteiger partial charge on any atom is 0.371 e. The first-order valence-electron chi connectivity index (χ1n) is 5.68. The highest BCUT2D eigenvalue weighted by molar-refractivity contribution is 5.84. The molecular weight excluding hydrogens is 220 g/mol. The summed E-state index contributed by atoms with van der Waals surface area (Å²) in [7, 11) is 0. The molecule has 4 heteroatoms. The first-order chi connectivity index (χ1) is 8.09. The molecule has 1 heterocycles. The maximum absolute atomic E-state index is 10.6. The van der Waals surface area contributed by atoms with Crippen molar-refractivity contribution in [3.8, 4) is 11.8 Å². The summed E-state index contributed by atoms with van der Waals surface area (Å²) in [5, 5.41) is 18.8. The van der Waals surface area contributed by atoms with Crippen LogP contribution in [0, 0.1) is 11.8 Å². The van der Waals surface area contributed by atoms with Crippen LogP contribution in [0.15, 0.2) is 16.5 Å². The van der Waals surface area contributed by atoms with Gasteiger partial charge in [-0.25, -0.2) is 4.79 Å². The smallest absolute Gasteiger partial charge is 0.371 e. The van der Waals surface area contributed by atoms with Gasteiger partial charge in [-0.15, -0.1) is 0 Å².